The normalized spacial score (nSPS) is 10.8. The van der Waals surface area contributed by atoms with Crippen LogP contribution in [0.3, 0.4) is 0 Å². The summed E-state index contributed by atoms with van der Waals surface area (Å²) < 4.78 is 29.1. The Labute approximate surface area is 251 Å². The minimum absolute atomic E-state index is 0.133. The molecule has 0 bridgehead atoms. The van der Waals surface area contributed by atoms with Crippen LogP contribution < -0.4 is 40.9 Å². The average Bonchev–Trinajstić information content (AvgIpc) is 2.98. The van der Waals surface area contributed by atoms with Crippen LogP contribution in [0.15, 0.2) is 36.7 Å². The summed E-state index contributed by atoms with van der Waals surface area (Å²) in [6.07, 6.45) is 5.97. The van der Waals surface area contributed by atoms with Crippen molar-refractivity contribution in [1.82, 2.24) is 19.9 Å². The Kier molecular flexibility index (Phi) is 10.3. The number of anilines is 3. The van der Waals surface area contributed by atoms with Gasteiger partial charge in [-0.3, -0.25) is 0 Å². The smallest absolute Gasteiger partial charge is 0.221 e. The van der Waals surface area contributed by atoms with E-state index in [0.29, 0.717) is 72.3 Å². The quantitative estimate of drug-likeness (QED) is 0.180. The van der Waals surface area contributed by atoms with Gasteiger partial charge in [0.2, 0.25) is 11.7 Å². The maximum absolute atomic E-state index is 6.13. The van der Waals surface area contributed by atoms with Crippen molar-refractivity contribution in [2.24, 2.45) is 0 Å². The van der Waals surface area contributed by atoms with Crippen LogP contribution in [0.2, 0.25) is 0 Å². The van der Waals surface area contributed by atoms with Crippen molar-refractivity contribution >= 4 is 17.6 Å². The number of nitrogens with zero attached hydrogens (tertiary/aromatic N) is 4. The molecule has 0 spiro atoms. The molecule has 0 radical (unpaired) electrons. The van der Waals surface area contributed by atoms with Crippen LogP contribution in [-0.2, 0) is 12.8 Å². The van der Waals surface area contributed by atoms with Crippen LogP contribution in [0.5, 0.6) is 28.7 Å². The number of nitrogens with two attached hydrogens (primary N) is 3. The van der Waals surface area contributed by atoms with Crippen LogP contribution in [0.25, 0.3) is 0 Å². The number of benzene rings is 2. The van der Waals surface area contributed by atoms with Crippen molar-refractivity contribution < 1.29 is 23.7 Å². The van der Waals surface area contributed by atoms with Crippen molar-refractivity contribution in [3.8, 4) is 28.7 Å². The molecule has 0 fully saturated rings. The van der Waals surface area contributed by atoms with Crippen molar-refractivity contribution in [2.75, 3.05) is 51.7 Å². The molecule has 6 N–H and O–H groups in total. The number of hydrogen-bond donors (Lipinski definition) is 3. The number of methoxy groups -OCH3 is 3. The van der Waals surface area contributed by atoms with E-state index in [1.807, 2.05) is 32.0 Å². The summed E-state index contributed by atoms with van der Waals surface area (Å²) in [6.45, 7) is 4.76. The number of aromatic nitrogens is 4. The number of hydrogen-bond acceptors (Lipinski definition) is 12. The summed E-state index contributed by atoms with van der Waals surface area (Å²) in [7, 11) is 4.81. The highest BCUT2D eigenvalue weighted by molar-refractivity contribution is 5.56. The van der Waals surface area contributed by atoms with Crippen LogP contribution in [-0.4, -0.2) is 54.5 Å². The predicted octanol–water partition coefficient (Wildman–Crippen LogP) is 4.08. The number of aryl methyl sites for hydroxylation is 2. The molecule has 0 aliphatic heterocycles. The van der Waals surface area contributed by atoms with Gasteiger partial charge in [-0.15, -0.1) is 0 Å². The first-order chi connectivity index (χ1) is 20.7. The second-order valence-corrected chi connectivity index (χ2v) is 10.00. The van der Waals surface area contributed by atoms with E-state index >= 15 is 0 Å². The van der Waals surface area contributed by atoms with Crippen molar-refractivity contribution in [3.63, 3.8) is 0 Å². The molecule has 0 atom stereocenters. The van der Waals surface area contributed by atoms with Gasteiger partial charge in [-0.2, -0.15) is 4.98 Å². The predicted molar refractivity (Wildman–Crippen MR) is 165 cm³/mol. The maximum atomic E-state index is 6.13. The third-order valence-electron chi connectivity index (χ3n) is 6.80. The Morgan fingerprint density at radius 2 is 1.12 bits per heavy atom. The minimum Gasteiger partial charge on any atom is -0.493 e. The van der Waals surface area contributed by atoms with Crippen LogP contribution >= 0.6 is 0 Å². The highest BCUT2D eigenvalue weighted by Gasteiger charge is 2.16. The second-order valence-electron chi connectivity index (χ2n) is 10.00. The number of rotatable bonds is 14. The fourth-order valence-corrected chi connectivity index (χ4v) is 4.64. The molecule has 12 heteroatoms. The minimum atomic E-state index is 0.133. The van der Waals surface area contributed by atoms with Gasteiger partial charge >= 0.3 is 0 Å². The summed E-state index contributed by atoms with van der Waals surface area (Å²) in [5, 5.41) is 0. The molecule has 0 amide bonds. The Morgan fingerprint density at radius 3 is 1.65 bits per heavy atom. The first-order valence-electron chi connectivity index (χ1n) is 13.8. The fourth-order valence-electron chi connectivity index (χ4n) is 4.64. The SMILES string of the molecule is COc1cc(Cc2cnc(C)nc2N)cc(C)c1OCCCCOc1c(OC)cc(Cc2cnc(N)nc2N)cc1OC. The Bertz CT molecular complexity index is 1540. The molecule has 0 saturated carbocycles. The van der Waals surface area contributed by atoms with E-state index in [4.69, 9.17) is 40.9 Å². The lowest BCUT2D eigenvalue weighted by Gasteiger charge is -2.17. The topological polar surface area (TPSA) is 176 Å². The van der Waals surface area contributed by atoms with Gasteiger partial charge in [-0.25, -0.2) is 15.0 Å². The molecule has 0 aliphatic rings. The summed E-state index contributed by atoms with van der Waals surface area (Å²) in [5.74, 6) is 4.62. The molecule has 2 aromatic heterocycles. The summed E-state index contributed by atoms with van der Waals surface area (Å²) in [4.78, 5) is 16.6. The Hall–Kier alpha value is -5.00. The van der Waals surface area contributed by atoms with Gasteiger partial charge in [0, 0.05) is 36.4 Å². The molecule has 43 heavy (non-hydrogen) atoms. The van der Waals surface area contributed by atoms with E-state index in [0.717, 1.165) is 40.7 Å². The van der Waals surface area contributed by atoms with Gasteiger partial charge in [-0.1, -0.05) is 6.07 Å². The van der Waals surface area contributed by atoms with Crippen LogP contribution in [0, 0.1) is 13.8 Å². The Morgan fingerprint density at radius 1 is 0.628 bits per heavy atom. The lowest BCUT2D eigenvalue weighted by atomic mass is 10.0. The molecular weight excluding hydrogens is 550 g/mol. The second kappa shape index (κ2) is 14.3. The largest absolute Gasteiger partial charge is 0.493 e. The van der Waals surface area contributed by atoms with E-state index in [1.165, 1.54) is 0 Å². The third kappa shape index (κ3) is 7.85. The van der Waals surface area contributed by atoms with Gasteiger partial charge in [-0.05, 0) is 61.6 Å². The first-order valence-corrected chi connectivity index (χ1v) is 13.8. The molecule has 0 saturated heterocycles. The summed E-state index contributed by atoms with van der Waals surface area (Å²) in [5.41, 5.74) is 22.2. The van der Waals surface area contributed by atoms with E-state index in [9.17, 15) is 0 Å². The highest BCUT2D eigenvalue weighted by Crippen LogP contribution is 2.39. The lowest BCUT2D eigenvalue weighted by molar-refractivity contribution is 0.244. The van der Waals surface area contributed by atoms with Gasteiger partial charge in [0.1, 0.15) is 17.5 Å². The van der Waals surface area contributed by atoms with Gasteiger partial charge in [0.05, 0.1) is 34.5 Å². The fraction of sp³-hybridized carbons (Fsp3) is 0.355. The van der Waals surface area contributed by atoms with E-state index in [2.05, 4.69) is 26.0 Å². The Balaban J connectivity index is 1.33. The molecular formula is C31H39N7O5. The highest BCUT2D eigenvalue weighted by atomic mass is 16.5. The standard InChI is InChI=1S/C31H39N7O5/c1-18-10-20(11-22-16-35-19(2)37-29(22)32)13-24(39-3)27(18)42-8-6-7-9-43-28-25(40-4)14-21(15-26(28)41-5)12-23-17-36-31(34)38-30(23)33/h10,13-17H,6-9,11-12H2,1-5H3,(H2,32,35,37)(H4,33,34,36,38). The van der Waals surface area contributed by atoms with Crippen LogP contribution in [0.1, 0.15) is 46.5 Å². The summed E-state index contributed by atoms with van der Waals surface area (Å²) >= 11 is 0. The van der Waals surface area contributed by atoms with Gasteiger partial charge in [0.15, 0.2) is 23.0 Å². The monoisotopic (exact) mass is 589 g/mol. The molecule has 0 unspecified atom stereocenters. The third-order valence-corrected chi connectivity index (χ3v) is 6.80. The zero-order chi connectivity index (χ0) is 30.9. The first kappa shape index (κ1) is 30.9. The summed E-state index contributed by atoms with van der Waals surface area (Å²) in [6, 6.07) is 7.80. The average molecular weight is 590 g/mol. The molecule has 228 valence electrons. The zero-order valence-corrected chi connectivity index (χ0v) is 25.3. The molecule has 0 aliphatic carbocycles. The maximum Gasteiger partial charge on any atom is 0.221 e. The van der Waals surface area contributed by atoms with Crippen molar-refractivity contribution in [3.05, 3.63) is 70.3 Å². The number of nitrogen functional groups attached to an aromatic ring is 3. The van der Waals surface area contributed by atoms with E-state index in [-0.39, 0.29) is 5.95 Å². The van der Waals surface area contributed by atoms with Crippen molar-refractivity contribution in [2.45, 2.75) is 39.5 Å². The molecule has 2 aromatic carbocycles. The number of unbranched alkanes of at least 4 members (excludes halogenated alkanes) is 1. The van der Waals surface area contributed by atoms with E-state index in [1.54, 1.807) is 33.7 Å². The molecule has 4 aromatic rings. The van der Waals surface area contributed by atoms with Crippen molar-refractivity contribution in [1.29, 1.82) is 0 Å². The van der Waals surface area contributed by atoms with Gasteiger partial charge in [0.25, 0.3) is 0 Å². The number of ether oxygens (including phenoxy) is 5. The van der Waals surface area contributed by atoms with E-state index < -0.39 is 0 Å². The zero-order valence-electron chi connectivity index (χ0n) is 25.3. The molecule has 12 nitrogen and oxygen atoms in total. The van der Waals surface area contributed by atoms with Crippen LogP contribution in [0.4, 0.5) is 17.6 Å². The lowest BCUT2D eigenvalue weighted by Crippen LogP contribution is -2.07. The molecule has 2 heterocycles. The molecule has 4 rings (SSSR count). The van der Waals surface area contributed by atoms with Gasteiger partial charge < -0.3 is 40.9 Å².